The Hall–Kier alpha value is -2.35. The number of piperazine rings is 1. The molecule has 3 heterocycles. The molecule has 8 nitrogen and oxygen atoms in total. The van der Waals surface area contributed by atoms with Gasteiger partial charge >= 0.3 is 0 Å². The highest BCUT2D eigenvalue weighted by atomic mass is 16.5. The van der Waals surface area contributed by atoms with Crippen LogP contribution in [-0.4, -0.2) is 53.2 Å². The largest absolute Gasteiger partial charge is 0.462 e. The van der Waals surface area contributed by atoms with E-state index < -0.39 is 0 Å². The first-order valence-corrected chi connectivity index (χ1v) is 7.54. The molecule has 0 amide bonds. The Kier molecular flexibility index (Phi) is 5.38. The smallest absolute Gasteiger partial charge is 0.293 e. The van der Waals surface area contributed by atoms with Gasteiger partial charge in [0.05, 0.1) is 11.8 Å². The molecule has 1 aliphatic heterocycles. The summed E-state index contributed by atoms with van der Waals surface area (Å²) in [5.74, 6) is 0.973. The number of aromatic nitrogens is 3. The zero-order valence-corrected chi connectivity index (χ0v) is 13.7. The number of hydrogen-bond acceptors (Lipinski definition) is 6. The van der Waals surface area contributed by atoms with E-state index in [4.69, 9.17) is 0 Å². The highest BCUT2D eigenvalue weighted by Crippen LogP contribution is 2.17. The number of hydrogen-bond donors (Lipinski definition) is 3. The fourth-order valence-corrected chi connectivity index (χ4v) is 2.16. The maximum absolute atomic E-state index is 11.5. The van der Waals surface area contributed by atoms with E-state index in [1.165, 1.54) is 6.33 Å². The number of aromatic amines is 2. The Balaban J connectivity index is 0.000000236. The molecule has 0 saturated carbocycles. The summed E-state index contributed by atoms with van der Waals surface area (Å²) in [5, 5.41) is 3.29. The number of carbonyl (C=O) groups excluding carboxylic acids is 1. The quantitative estimate of drug-likeness (QED) is 0.701. The summed E-state index contributed by atoms with van der Waals surface area (Å²) in [5.41, 5.74) is 0.835. The number of H-pyrrole nitrogens is 2. The average molecular weight is 321 g/mol. The standard InChI is InChI=1S/C10H13N5O.C5H10O2/c16-10-9-7(12-6-13-10)5-8(14-9)15-3-1-11-2-4-15;1-5(2,3)7-4-6/h5-6,11,14H,1-4H2,(H,12,13,16);4H,1-3H3. The molecule has 0 radical (unpaired) electrons. The van der Waals surface area contributed by atoms with E-state index in [1.807, 2.05) is 26.8 Å². The van der Waals surface area contributed by atoms with Crippen molar-refractivity contribution >= 4 is 23.3 Å². The number of fused-ring (bicyclic) bond motifs is 1. The van der Waals surface area contributed by atoms with E-state index >= 15 is 0 Å². The average Bonchev–Trinajstić information content (AvgIpc) is 2.93. The third-order valence-corrected chi connectivity index (χ3v) is 3.27. The molecule has 126 valence electrons. The van der Waals surface area contributed by atoms with Crippen LogP contribution in [0.4, 0.5) is 5.82 Å². The van der Waals surface area contributed by atoms with Crippen molar-refractivity contribution in [3.8, 4) is 0 Å². The van der Waals surface area contributed by atoms with Gasteiger partial charge in [-0.25, -0.2) is 4.98 Å². The van der Waals surface area contributed by atoms with Crippen LogP contribution in [0, 0.1) is 0 Å². The maximum Gasteiger partial charge on any atom is 0.293 e. The van der Waals surface area contributed by atoms with Gasteiger partial charge in [0.15, 0.2) is 0 Å². The Morgan fingerprint density at radius 3 is 2.52 bits per heavy atom. The highest BCUT2D eigenvalue weighted by Gasteiger charge is 2.13. The fraction of sp³-hybridized carbons (Fsp3) is 0.533. The van der Waals surface area contributed by atoms with Gasteiger partial charge in [-0.2, -0.15) is 0 Å². The van der Waals surface area contributed by atoms with E-state index in [0.717, 1.165) is 37.5 Å². The van der Waals surface area contributed by atoms with Gasteiger partial charge in [-0.05, 0) is 20.8 Å². The second kappa shape index (κ2) is 7.28. The van der Waals surface area contributed by atoms with Crippen molar-refractivity contribution in [1.82, 2.24) is 20.3 Å². The zero-order chi connectivity index (χ0) is 16.9. The SMILES string of the molecule is CC(C)(C)OC=O.O=c1[nH]cnc2cc(N3CCNCC3)[nH]c12. The van der Waals surface area contributed by atoms with Crippen molar-refractivity contribution in [2.45, 2.75) is 26.4 Å². The lowest BCUT2D eigenvalue weighted by Gasteiger charge is -2.27. The number of carbonyl (C=O) groups is 1. The van der Waals surface area contributed by atoms with Gasteiger partial charge in [-0.3, -0.25) is 9.59 Å². The van der Waals surface area contributed by atoms with Crippen LogP contribution >= 0.6 is 0 Å². The summed E-state index contributed by atoms with van der Waals surface area (Å²) in [4.78, 5) is 33.2. The number of rotatable bonds is 2. The van der Waals surface area contributed by atoms with E-state index in [-0.39, 0.29) is 11.2 Å². The van der Waals surface area contributed by atoms with Gasteiger partial charge in [-0.1, -0.05) is 0 Å². The minimum absolute atomic E-state index is 0.119. The van der Waals surface area contributed by atoms with E-state index in [2.05, 4.69) is 29.9 Å². The Labute approximate surface area is 134 Å². The predicted octanol–water partition coefficient (Wildman–Crippen LogP) is 0.619. The monoisotopic (exact) mass is 321 g/mol. The van der Waals surface area contributed by atoms with Crippen molar-refractivity contribution in [1.29, 1.82) is 0 Å². The van der Waals surface area contributed by atoms with Crippen molar-refractivity contribution in [3.05, 3.63) is 22.7 Å². The molecule has 3 N–H and O–H groups in total. The van der Waals surface area contributed by atoms with Crippen LogP contribution in [0.15, 0.2) is 17.2 Å². The topological polar surface area (TPSA) is 103 Å². The Morgan fingerprint density at radius 1 is 1.30 bits per heavy atom. The first-order chi connectivity index (χ1) is 10.9. The number of anilines is 1. The summed E-state index contributed by atoms with van der Waals surface area (Å²) in [7, 11) is 0. The molecule has 0 spiro atoms. The Morgan fingerprint density at radius 2 is 2.00 bits per heavy atom. The molecule has 0 bridgehead atoms. The van der Waals surface area contributed by atoms with Crippen LogP contribution in [0.1, 0.15) is 20.8 Å². The number of nitrogens with one attached hydrogen (secondary N) is 3. The summed E-state index contributed by atoms with van der Waals surface area (Å²) in [6, 6.07) is 1.93. The first-order valence-electron chi connectivity index (χ1n) is 7.54. The van der Waals surface area contributed by atoms with Crippen molar-refractivity contribution in [2.75, 3.05) is 31.1 Å². The lowest BCUT2D eigenvalue weighted by Crippen LogP contribution is -2.43. The van der Waals surface area contributed by atoms with Gasteiger partial charge < -0.3 is 24.9 Å². The lowest BCUT2D eigenvalue weighted by molar-refractivity contribution is -0.138. The third kappa shape index (κ3) is 4.82. The molecule has 8 heteroatoms. The van der Waals surface area contributed by atoms with Gasteiger partial charge in [0, 0.05) is 32.2 Å². The van der Waals surface area contributed by atoms with Gasteiger partial charge in [-0.15, -0.1) is 0 Å². The highest BCUT2D eigenvalue weighted by molar-refractivity contribution is 5.79. The summed E-state index contributed by atoms with van der Waals surface area (Å²) >= 11 is 0. The van der Waals surface area contributed by atoms with Crippen molar-refractivity contribution in [3.63, 3.8) is 0 Å². The van der Waals surface area contributed by atoms with Crippen molar-refractivity contribution in [2.24, 2.45) is 0 Å². The minimum atomic E-state index is -0.318. The molecule has 0 unspecified atom stereocenters. The molecule has 1 saturated heterocycles. The number of ether oxygens (including phenoxy) is 1. The van der Waals surface area contributed by atoms with Crippen LogP contribution in [0.2, 0.25) is 0 Å². The first kappa shape index (κ1) is 17.0. The molecule has 1 fully saturated rings. The molecule has 2 aromatic heterocycles. The third-order valence-electron chi connectivity index (χ3n) is 3.27. The molecule has 0 aliphatic carbocycles. The summed E-state index contributed by atoms with van der Waals surface area (Å²) < 4.78 is 4.55. The van der Waals surface area contributed by atoms with E-state index in [9.17, 15) is 9.59 Å². The molecule has 0 atom stereocenters. The normalized spacial score (nSPS) is 15.0. The zero-order valence-electron chi connectivity index (χ0n) is 13.7. The lowest BCUT2D eigenvalue weighted by atomic mass is 10.2. The molecular formula is C15H23N5O3. The van der Waals surface area contributed by atoms with Gasteiger partial charge in [0.1, 0.15) is 16.9 Å². The molecule has 2 aromatic rings. The molecule has 23 heavy (non-hydrogen) atoms. The molecule has 3 rings (SSSR count). The number of nitrogens with zero attached hydrogens (tertiary/aromatic N) is 2. The van der Waals surface area contributed by atoms with Crippen molar-refractivity contribution < 1.29 is 9.53 Å². The second-order valence-electron chi connectivity index (χ2n) is 6.21. The second-order valence-corrected chi connectivity index (χ2v) is 6.21. The Bertz CT molecular complexity index is 695. The van der Waals surface area contributed by atoms with E-state index in [1.54, 1.807) is 0 Å². The van der Waals surface area contributed by atoms with Crippen LogP contribution in [0.3, 0.4) is 0 Å². The molecule has 0 aromatic carbocycles. The maximum atomic E-state index is 11.5. The van der Waals surface area contributed by atoms with E-state index in [0.29, 0.717) is 12.0 Å². The molecular weight excluding hydrogens is 298 g/mol. The van der Waals surface area contributed by atoms with Crippen LogP contribution in [-0.2, 0) is 9.53 Å². The summed E-state index contributed by atoms with van der Waals surface area (Å²) in [6.45, 7) is 9.76. The van der Waals surface area contributed by atoms with Gasteiger partial charge in [0.25, 0.3) is 12.0 Å². The predicted molar refractivity (Wildman–Crippen MR) is 88.7 cm³/mol. The molecule has 1 aliphatic rings. The van der Waals surface area contributed by atoms with Crippen LogP contribution < -0.4 is 15.8 Å². The van der Waals surface area contributed by atoms with Crippen LogP contribution in [0.25, 0.3) is 11.0 Å². The minimum Gasteiger partial charge on any atom is -0.462 e. The summed E-state index contributed by atoms with van der Waals surface area (Å²) in [6.07, 6.45) is 1.43. The van der Waals surface area contributed by atoms with Gasteiger partial charge in [0.2, 0.25) is 0 Å². The fourth-order valence-electron chi connectivity index (χ4n) is 2.16. The van der Waals surface area contributed by atoms with Crippen LogP contribution in [0.5, 0.6) is 0 Å².